The van der Waals surface area contributed by atoms with E-state index in [9.17, 15) is 23.2 Å². The van der Waals surface area contributed by atoms with Gasteiger partial charge in [-0.05, 0) is 25.0 Å². The highest BCUT2D eigenvalue weighted by Crippen LogP contribution is 2.38. The first kappa shape index (κ1) is 28.5. The molecule has 2 amide bonds. The predicted octanol–water partition coefficient (Wildman–Crippen LogP) is 2.61. The number of piperidine rings is 1. The molecule has 3 aliphatic heterocycles. The van der Waals surface area contributed by atoms with E-state index in [0.29, 0.717) is 53.5 Å². The summed E-state index contributed by atoms with van der Waals surface area (Å²) in [4.78, 5) is 28.5. The fourth-order valence-corrected chi connectivity index (χ4v) is 8.04. The van der Waals surface area contributed by atoms with E-state index in [-0.39, 0.29) is 45.1 Å². The van der Waals surface area contributed by atoms with Gasteiger partial charge in [-0.25, -0.2) is 18.7 Å². The van der Waals surface area contributed by atoms with Crippen LogP contribution in [0.2, 0.25) is 15.1 Å². The molecule has 15 heteroatoms. The predicted molar refractivity (Wildman–Crippen MR) is 138 cm³/mol. The van der Waals surface area contributed by atoms with Crippen LogP contribution in [0.15, 0.2) is 12.1 Å². The van der Waals surface area contributed by atoms with Crippen LogP contribution < -0.4 is 10.4 Å². The third kappa shape index (κ3) is 6.38. The van der Waals surface area contributed by atoms with Gasteiger partial charge in [0.25, 0.3) is 5.91 Å². The van der Waals surface area contributed by atoms with Crippen LogP contribution in [0.3, 0.4) is 0 Å². The van der Waals surface area contributed by atoms with Gasteiger partial charge in [-0.3, -0.25) is 10.0 Å². The average Bonchev–Trinajstić information content (AvgIpc) is 3.36. The summed E-state index contributed by atoms with van der Waals surface area (Å²) < 4.78 is 38.8. The Kier molecular flexibility index (Phi) is 8.99. The zero-order chi connectivity index (χ0) is 26.8. The number of nitrogens with one attached hydrogen (secondary N) is 1. The van der Waals surface area contributed by atoms with Crippen molar-refractivity contribution in [2.75, 3.05) is 63.1 Å². The van der Waals surface area contributed by atoms with E-state index in [0.717, 1.165) is 0 Å². The SMILES string of the molecule is O=C(OC1CCOC1)N1CCC(CS(=O)(=O)N2CCN(c3c(Cl)cc(Cl)cc3Cl)CC2)(C(=O)NO)CC1. The number of carbonyl (C=O) groups is 2. The summed E-state index contributed by atoms with van der Waals surface area (Å²) in [6.07, 6.45) is -0.0859. The number of carbonyl (C=O) groups excluding carboxylic acids is 2. The molecule has 1 unspecified atom stereocenters. The zero-order valence-corrected chi connectivity index (χ0v) is 23.1. The van der Waals surface area contributed by atoms with Gasteiger partial charge >= 0.3 is 6.09 Å². The maximum atomic E-state index is 13.4. The second-order valence-electron chi connectivity index (χ2n) is 9.44. The van der Waals surface area contributed by atoms with Crippen molar-refractivity contribution in [3.63, 3.8) is 0 Å². The Morgan fingerprint density at radius 2 is 1.70 bits per heavy atom. The first-order chi connectivity index (χ1) is 17.5. The molecule has 11 nitrogen and oxygen atoms in total. The highest BCUT2D eigenvalue weighted by Gasteiger charge is 2.47. The molecule has 37 heavy (non-hydrogen) atoms. The Bertz CT molecular complexity index is 1090. The van der Waals surface area contributed by atoms with Gasteiger partial charge in [-0.2, -0.15) is 4.31 Å². The van der Waals surface area contributed by atoms with Crippen LogP contribution in [0.1, 0.15) is 19.3 Å². The Morgan fingerprint density at radius 1 is 1.08 bits per heavy atom. The number of nitrogens with zero attached hydrogens (tertiary/aromatic N) is 3. The lowest BCUT2D eigenvalue weighted by molar-refractivity contribution is -0.141. The van der Waals surface area contributed by atoms with E-state index in [1.165, 1.54) is 9.21 Å². The Labute approximate surface area is 230 Å². The number of piperazine rings is 1. The summed E-state index contributed by atoms with van der Waals surface area (Å²) in [6, 6.07) is 3.16. The topological polar surface area (TPSA) is 129 Å². The summed E-state index contributed by atoms with van der Waals surface area (Å²) >= 11 is 18.6. The number of ether oxygens (including phenoxy) is 2. The minimum absolute atomic E-state index is 0.0604. The van der Waals surface area contributed by atoms with Gasteiger partial charge in [0, 0.05) is 50.7 Å². The van der Waals surface area contributed by atoms with E-state index in [4.69, 9.17) is 44.3 Å². The van der Waals surface area contributed by atoms with E-state index in [1.54, 1.807) is 17.6 Å². The number of hydroxylamine groups is 1. The van der Waals surface area contributed by atoms with Crippen molar-refractivity contribution in [1.82, 2.24) is 14.7 Å². The van der Waals surface area contributed by atoms with Crippen molar-refractivity contribution < 1.29 is 32.7 Å². The lowest BCUT2D eigenvalue weighted by atomic mass is 9.79. The van der Waals surface area contributed by atoms with Crippen LogP contribution in [0, 0.1) is 5.41 Å². The molecule has 0 aliphatic carbocycles. The molecule has 4 rings (SSSR count). The number of benzene rings is 1. The van der Waals surface area contributed by atoms with Crippen molar-refractivity contribution in [3.05, 3.63) is 27.2 Å². The number of hydrogen-bond acceptors (Lipinski definition) is 8. The fraction of sp³-hybridized carbons (Fsp3) is 0.636. The molecule has 2 N–H and O–H groups in total. The Hall–Kier alpha value is -1.54. The van der Waals surface area contributed by atoms with E-state index in [1.807, 2.05) is 4.90 Å². The van der Waals surface area contributed by atoms with Crippen molar-refractivity contribution in [2.24, 2.45) is 5.41 Å². The van der Waals surface area contributed by atoms with Gasteiger partial charge < -0.3 is 19.3 Å². The molecule has 1 aromatic carbocycles. The zero-order valence-electron chi connectivity index (χ0n) is 20.0. The largest absolute Gasteiger partial charge is 0.444 e. The van der Waals surface area contributed by atoms with Crippen LogP contribution >= 0.6 is 34.8 Å². The average molecular weight is 600 g/mol. The first-order valence-electron chi connectivity index (χ1n) is 11.9. The normalized spacial score (nSPS) is 22.6. The second kappa shape index (κ2) is 11.7. The molecule has 1 aromatic rings. The summed E-state index contributed by atoms with van der Waals surface area (Å²) in [5.41, 5.74) is 0.827. The third-order valence-electron chi connectivity index (χ3n) is 7.11. The van der Waals surface area contributed by atoms with Gasteiger partial charge in [-0.1, -0.05) is 34.8 Å². The molecule has 0 spiro atoms. The first-order valence-corrected chi connectivity index (χ1v) is 14.6. The molecule has 3 heterocycles. The number of amides is 2. The summed E-state index contributed by atoms with van der Waals surface area (Å²) in [7, 11) is -3.89. The quantitative estimate of drug-likeness (QED) is 0.377. The number of rotatable bonds is 6. The van der Waals surface area contributed by atoms with E-state index in [2.05, 4.69) is 0 Å². The molecule has 0 radical (unpaired) electrons. The van der Waals surface area contributed by atoms with Gasteiger partial charge in [0.1, 0.15) is 6.10 Å². The maximum Gasteiger partial charge on any atom is 0.410 e. The lowest BCUT2D eigenvalue weighted by Gasteiger charge is -2.41. The number of halogens is 3. The molecule has 3 fully saturated rings. The molecular weight excluding hydrogens is 571 g/mol. The molecule has 3 aliphatic rings. The molecule has 0 bridgehead atoms. The second-order valence-corrected chi connectivity index (χ2v) is 12.7. The van der Waals surface area contributed by atoms with Gasteiger partial charge in [0.05, 0.1) is 40.1 Å². The molecule has 0 aromatic heterocycles. The van der Waals surface area contributed by atoms with Crippen LogP contribution in [-0.2, 0) is 24.3 Å². The summed E-state index contributed by atoms with van der Waals surface area (Å²) in [5.74, 6) is -1.28. The number of sulfonamides is 1. The number of anilines is 1. The Morgan fingerprint density at radius 3 is 2.24 bits per heavy atom. The highest BCUT2D eigenvalue weighted by molar-refractivity contribution is 7.89. The lowest BCUT2D eigenvalue weighted by Crippen LogP contribution is -2.56. The van der Waals surface area contributed by atoms with Crippen LogP contribution in [-0.4, -0.2) is 99.2 Å². The Balaban J connectivity index is 1.39. The highest BCUT2D eigenvalue weighted by atomic mass is 35.5. The fourth-order valence-electron chi connectivity index (χ4n) is 4.96. The number of hydrogen-bond donors (Lipinski definition) is 2. The van der Waals surface area contributed by atoms with E-state index >= 15 is 0 Å². The van der Waals surface area contributed by atoms with Gasteiger partial charge in [-0.15, -0.1) is 0 Å². The van der Waals surface area contributed by atoms with Crippen LogP contribution in [0.4, 0.5) is 10.5 Å². The smallest absolute Gasteiger partial charge is 0.410 e. The van der Waals surface area contributed by atoms with Gasteiger partial charge in [0.2, 0.25) is 10.0 Å². The monoisotopic (exact) mass is 598 g/mol. The molecule has 3 saturated heterocycles. The van der Waals surface area contributed by atoms with E-state index < -0.39 is 33.2 Å². The minimum atomic E-state index is -3.89. The van der Waals surface area contributed by atoms with Crippen LogP contribution in [0.5, 0.6) is 0 Å². The van der Waals surface area contributed by atoms with Crippen LogP contribution in [0.25, 0.3) is 0 Å². The summed E-state index contributed by atoms with van der Waals surface area (Å²) in [6.45, 7) is 2.12. The minimum Gasteiger partial charge on any atom is -0.444 e. The molecular formula is C22H29Cl3N4O7S. The van der Waals surface area contributed by atoms with Crippen molar-refractivity contribution in [1.29, 1.82) is 0 Å². The summed E-state index contributed by atoms with van der Waals surface area (Å²) in [5, 5.41) is 10.5. The maximum absolute atomic E-state index is 13.4. The molecule has 1 atom stereocenters. The van der Waals surface area contributed by atoms with Crippen molar-refractivity contribution in [3.8, 4) is 0 Å². The standard InChI is InChI=1S/C22H29Cl3N4O7S/c23-15-11-17(24)19(18(25)12-15)27-6-8-29(9-7-27)37(33,34)14-22(20(30)26-32)2-4-28(5-3-22)21(31)36-16-1-10-35-13-16/h11-12,16,32H,1-10,13-14H2,(H,26,30). The van der Waals surface area contributed by atoms with Crippen molar-refractivity contribution in [2.45, 2.75) is 25.4 Å². The van der Waals surface area contributed by atoms with Crippen molar-refractivity contribution >= 4 is 62.5 Å². The van der Waals surface area contributed by atoms with Gasteiger partial charge in [0.15, 0.2) is 0 Å². The molecule has 206 valence electrons. The number of likely N-dealkylation sites (tertiary alicyclic amines) is 1. The third-order valence-corrected chi connectivity index (χ3v) is 9.97. The molecule has 0 saturated carbocycles.